The molecule has 0 saturated carbocycles. The average Bonchev–Trinajstić information content (AvgIpc) is 2.17. The number of aromatic nitrogens is 1. The number of rotatable bonds is 2. The molecule has 0 aromatic carbocycles. The van der Waals surface area contributed by atoms with Crippen molar-refractivity contribution in [3.05, 3.63) is 17.8 Å². The van der Waals surface area contributed by atoms with Gasteiger partial charge in [-0.25, -0.2) is 4.98 Å². The molecule has 0 fully saturated rings. The van der Waals surface area contributed by atoms with Gasteiger partial charge in [0.05, 0.1) is 12.8 Å². The zero-order chi connectivity index (χ0) is 9.84. The second-order valence-corrected chi connectivity index (χ2v) is 2.37. The van der Waals surface area contributed by atoms with E-state index in [9.17, 15) is 4.79 Å². The number of amides is 1. The second-order valence-electron chi connectivity index (χ2n) is 2.37. The zero-order valence-corrected chi connectivity index (χ0v) is 7.50. The monoisotopic (exact) mass is 181 g/mol. The molecule has 1 aromatic rings. The van der Waals surface area contributed by atoms with Crippen LogP contribution in [0.4, 0.5) is 5.69 Å². The molecule has 0 spiro atoms. The highest BCUT2D eigenvalue weighted by Gasteiger charge is 2.08. The van der Waals surface area contributed by atoms with E-state index in [1.54, 1.807) is 6.07 Å². The van der Waals surface area contributed by atoms with Gasteiger partial charge in [0.15, 0.2) is 0 Å². The smallest absolute Gasteiger partial charge is 0.269 e. The van der Waals surface area contributed by atoms with E-state index < -0.39 is 0 Å². The molecule has 0 unspecified atom stereocenters. The Bertz CT molecular complexity index is 325. The molecule has 0 radical (unpaired) electrons. The van der Waals surface area contributed by atoms with E-state index in [2.05, 4.69) is 10.3 Å². The summed E-state index contributed by atoms with van der Waals surface area (Å²) >= 11 is 0. The van der Waals surface area contributed by atoms with E-state index in [1.807, 2.05) is 0 Å². The third-order valence-electron chi connectivity index (χ3n) is 1.54. The van der Waals surface area contributed by atoms with Gasteiger partial charge < -0.3 is 15.8 Å². The summed E-state index contributed by atoms with van der Waals surface area (Å²) in [4.78, 5) is 15.0. The molecular weight excluding hydrogens is 170 g/mol. The summed E-state index contributed by atoms with van der Waals surface area (Å²) in [7, 11) is 2.99. The Balaban J connectivity index is 3.06. The van der Waals surface area contributed by atoms with Crippen LogP contribution in [0.15, 0.2) is 12.1 Å². The summed E-state index contributed by atoms with van der Waals surface area (Å²) in [6.07, 6.45) is 0. The summed E-state index contributed by atoms with van der Waals surface area (Å²) in [5, 5.41) is 2.45. The van der Waals surface area contributed by atoms with Gasteiger partial charge >= 0.3 is 0 Å². The molecule has 1 rings (SSSR count). The number of nitrogen functional groups attached to an aromatic ring is 1. The fraction of sp³-hybridized carbons (Fsp3) is 0.250. The number of anilines is 1. The number of hydrogen-bond donors (Lipinski definition) is 2. The highest BCUT2D eigenvalue weighted by atomic mass is 16.5. The molecule has 0 atom stereocenters. The summed E-state index contributed by atoms with van der Waals surface area (Å²) in [5.74, 6) is -0.000556. The lowest BCUT2D eigenvalue weighted by Crippen LogP contribution is -2.19. The van der Waals surface area contributed by atoms with Crippen molar-refractivity contribution < 1.29 is 9.53 Å². The van der Waals surface area contributed by atoms with Gasteiger partial charge in [0.25, 0.3) is 5.91 Å². The third-order valence-corrected chi connectivity index (χ3v) is 1.54. The molecule has 0 aliphatic rings. The first-order valence-electron chi connectivity index (χ1n) is 3.71. The number of carbonyl (C=O) groups excluding carboxylic acids is 1. The van der Waals surface area contributed by atoms with E-state index in [0.717, 1.165) is 0 Å². The summed E-state index contributed by atoms with van der Waals surface area (Å²) in [6.45, 7) is 0. The molecule has 1 aromatic heterocycles. The van der Waals surface area contributed by atoms with Gasteiger partial charge in [0.1, 0.15) is 5.69 Å². The summed E-state index contributed by atoms with van der Waals surface area (Å²) in [6, 6.07) is 3.12. The maximum atomic E-state index is 11.1. The van der Waals surface area contributed by atoms with E-state index in [-0.39, 0.29) is 17.5 Å². The van der Waals surface area contributed by atoms with Crippen LogP contribution in [0.25, 0.3) is 0 Å². The number of methoxy groups -OCH3 is 1. The van der Waals surface area contributed by atoms with Gasteiger partial charge in [0.2, 0.25) is 5.88 Å². The first kappa shape index (κ1) is 9.31. The zero-order valence-electron chi connectivity index (χ0n) is 7.50. The van der Waals surface area contributed by atoms with Crippen LogP contribution < -0.4 is 15.8 Å². The van der Waals surface area contributed by atoms with Gasteiger partial charge in [-0.2, -0.15) is 0 Å². The highest BCUT2D eigenvalue weighted by Crippen LogP contribution is 2.17. The van der Waals surface area contributed by atoms with Crippen molar-refractivity contribution in [3.63, 3.8) is 0 Å². The van der Waals surface area contributed by atoms with E-state index in [1.165, 1.54) is 20.2 Å². The van der Waals surface area contributed by atoms with Crippen LogP contribution in [-0.4, -0.2) is 25.0 Å². The van der Waals surface area contributed by atoms with Crippen molar-refractivity contribution in [2.45, 2.75) is 0 Å². The number of hydrogen-bond acceptors (Lipinski definition) is 4. The normalized spacial score (nSPS) is 9.38. The van der Waals surface area contributed by atoms with Crippen molar-refractivity contribution in [2.24, 2.45) is 0 Å². The van der Waals surface area contributed by atoms with Crippen LogP contribution >= 0.6 is 0 Å². The van der Waals surface area contributed by atoms with Crippen molar-refractivity contribution in [1.82, 2.24) is 10.3 Å². The van der Waals surface area contributed by atoms with Crippen LogP contribution in [0.2, 0.25) is 0 Å². The molecule has 13 heavy (non-hydrogen) atoms. The molecular formula is C8H11N3O2. The number of ether oxygens (including phenoxy) is 1. The number of nitrogens with zero attached hydrogens (tertiary/aromatic N) is 1. The van der Waals surface area contributed by atoms with E-state index in [4.69, 9.17) is 10.5 Å². The molecule has 0 aliphatic heterocycles. The minimum absolute atomic E-state index is 0.265. The Hall–Kier alpha value is -1.78. The Labute approximate surface area is 75.9 Å². The van der Waals surface area contributed by atoms with Crippen LogP contribution in [0.3, 0.4) is 0 Å². The number of carbonyl (C=O) groups is 1. The molecule has 70 valence electrons. The largest absolute Gasteiger partial charge is 0.480 e. The first-order chi connectivity index (χ1) is 6.19. The molecule has 0 bridgehead atoms. The van der Waals surface area contributed by atoms with Crippen molar-refractivity contribution in [2.75, 3.05) is 19.9 Å². The van der Waals surface area contributed by atoms with E-state index in [0.29, 0.717) is 5.69 Å². The van der Waals surface area contributed by atoms with Crippen LogP contribution in [0.1, 0.15) is 10.5 Å². The van der Waals surface area contributed by atoms with E-state index >= 15 is 0 Å². The SMILES string of the molecule is CNC(=O)c1ccc(N)c(OC)n1. The van der Waals surface area contributed by atoms with Crippen molar-refractivity contribution in [3.8, 4) is 5.88 Å². The predicted octanol–water partition coefficient (Wildman–Crippen LogP) is 0.0320. The summed E-state index contributed by atoms with van der Waals surface area (Å²) in [5.41, 5.74) is 6.22. The lowest BCUT2D eigenvalue weighted by atomic mass is 10.3. The Morgan fingerprint density at radius 1 is 1.62 bits per heavy atom. The third kappa shape index (κ3) is 1.87. The molecule has 1 heterocycles. The predicted molar refractivity (Wildman–Crippen MR) is 48.6 cm³/mol. The van der Waals surface area contributed by atoms with Gasteiger partial charge in [-0.05, 0) is 12.1 Å². The van der Waals surface area contributed by atoms with Gasteiger partial charge in [-0.1, -0.05) is 0 Å². The average molecular weight is 181 g/mol. The number of pyridine rings is 1. The maximum Gasteiger partial charge on any atom is 0.269 e. The maximum absolute atomic E-state index is 11.1. The minimum Gasteiger partial charge on any atom is -0.480 e. The van der Waals surface area contributed by atoms with Crippen molar-refractivity contribution >= 4 is 11.6 Å². The van der Waals surface area contributed by atoms with Gasteiger partial charge in [0, 0.05) is 7.05 Å². The van der Waals surface area contributed by atoms with Crippen LogP contribution in [0, 0.1) is 0 Å². The number of nitrogens with one attached hydrogen (secondary N) is 1. The minimum atomic E-state index is -0.265. The quantitative estimate of drug-likeness (QED) is 0.674. The fourth-order valence-electron chi connectivity index (χ4n) is 0.869. The molecule has 0 aliphatic carbocycles. The van der Waals surface area contributed by atoms with Gasteiger partial charge in [-0.3, -0.25) is 4.79 Å². The lowest BCUT2D eigenvalue weighted by molar-refractivity contribution is 0.0957. The highest BCUT2D eigenvalue weighted by molar-refractivity contribution is 5.92. The first-order valence-corrected chi connectivity index (χ1v) is 3.71. The summed E-state index contributed by atoms with van der Waals surface area (Å²) < 4.78 is 4.86. The fourth-order valence-corrected chi connectivity index (χ4v) is 0.869. The molecule has 5 heteroatoms. The molecule has 0 saturated heterocycles. The van der Waals surface area contributed by atoms with Crippen molar-refractivity contribution in [1.29, 1.82) is 0 Å². The lowest BCUT2D eigenvalue weighted by Gasteiger charge is -2.04. The molecule has 5 nitrogen and oxygen atoms in total. The second kappa shape index (κ2) is 3.75. The topological polar surface area (TPSA) is 77.2 Å². The Morgan fingerprint density at radius 3 is 2.85 bits per heavy atom. The van der Waals surface area contributed by atoms with Gasteiger partial charge in [-0.15, -0.1) is 0 Å². The Morgan fingerprint density at radius 2 is 2.31 bits per heavy atom. The number of nitrogens with two attached hydrogens (primary N) is 1. The van der Waals surface area contributed by atoms with Crippen LogP contribution in [0.5, 0.6) is 5.88 Å². The Kier molecular flexibility index (Phi) is 2.69. The molecule has 3 N–H and O–H groups in total. The standard InChI is InChI=1S/C8H11N3O2/c1-10-7(12)6-4-3-5(9)8(11-6)13-2/h3-4H,9H2,1-2H3,(H,10,12). The molecule has 1 amide bonds. The van der Waals surface area contributed by atoms with Crippen LogP contribution in [-0.2, 0) is 0 Å².